The predicted octanol–water partition coefficient (Wildman–Crippen LogP) is 3.03. The molecule has 2 aromatic heterocycles. The maximum Gasteiger partial charge on any atom is 0.228 e. The van der Waals surface area contributed by atoms with Crippen LogP contribution in [0.2, 0.25) is 0 Å². The van der Waals surface area contributed by atoms with Crippen molar-refractivity contribution in [2.45, 2.75) is 26.2 Å². The van der Waals surface area contributed by atoms with Gasteiger partial charge in [-0.15, -0.1) is 0 Å². The molecule has 1 N–H and O–H groups in total. The number of anilines is 2. The number of hydrogen-bond acceptors (Lipinski definition) is 6. The Balaban J connectivity index is 1.60. The Morgan fingerprint density at radius 3 is 3.12 bits per heavy atom. The molecule has 6 nitrogen and oxygen atoms in total. The van der Waals surface area contributed by atoms with Gasteiger partial charge in [-0.05, 0) is 31.2 Å². The molecule has 24 heavy (non-hydrogen) atoms. The number of carbonyl (C=O) groups excluding carboxylic acids is 1. The molecule has 7 heteroatoms. The zero-order chi connectivity index (χ0) is 16.7. The monoisotopic (exact) mass is 341 g/mol. The van der Waals surface area contributed by atoms with Crippen LogP contribution in [0.1, 0.15) is 26.2 Å². The molecule has 0 bridgehead atoms. The number of pyridine rings is 1. The van der Waals surface area contributed by atoms with Gasteiger partial charge in [0.2, 0.25) is 5.91 Å². The van der Waals surface area contributed by atoms with E-state index in [0.717, 1.165) is 47.7 Å². The van der Waals surface area contributed by atoms with Crippen LogP contribution in [-0.2, 0) is 4.79 Å². The Morgan fingerprint density at radius 2 is 2.38 bits per heavy atom. The third kappa shape index (κ3) is 2.82. The van der Waals surface area contributed by atoms with E-state index in [1.165, 1.54) is 0 Å². The highest BCUT2D eigenvalue weighted by Gasteiger charge is 2.39. The first-order valence-electron chi connectivity index (χ1n) is 8.36. The lowest BCUT2D eigenvalue weighted by atomic mass is 10.0. The predicted molar refractivity (Wildman–Crippen MR) is 93.9 cm³/mol. The fourth-order valence-corrected chi connectivity index (χ4v) is 4.26. The fourth-order valence-electron chi connectivity index (χ4n) is 3.22. The standard InChI is InChI=1S/C17H19N5OS/c1-10-7-12(10)16(23)21-15-14-13(4-5-19-15)20-17(24-14)22-6-2-3-11(8-18)9-22/h4-5,10-12H,2-3,6-7,9H2,1H3,(H,19,21,23)/t10-,11+,12?/m0/s1. The first-order chi connectivity index (χ1) is 11.7. The van der Waals surface area contributed by atoms with Crippen molar-refractivity contribution >= 4 is 38.4 Å². The van der Waals surface area contributed by atoms with E-state index in [1.807, 2.05) is 6.07 Å². The Labute approximate surface area is 144 Å². The average Bonchev–Trinajstić information content (AvgIpc) is 3.17. The van der Waals surface area contributed by atoms with Crippen LogP contribution in [-0.4, -0.2) is 29.0 Å². The molecule has 1 saturated carbocycles. The fraction of sp³-hybridized carbons (Fsp3) is 0.529. The molecule has 1 aliphatic heterocycles. The summed E-state index contributed by atoms with van der Waals surface area (Å²) in [5.74, 6) is 1.32. The lowest BCUT2D eigenvalue weighted by Crippen LogP contribution is -2.34. The number of nitriles is 1. The van der Waals surface area contributed by atoms with Crippen molar-refractivity contribution in [3.8, 4) is 6.07 Å². The zero-order valence-corrected chi connectivity index (χ0v) is 14.3. The normalized spacial score (nSPS) is 26.2. The molecule has 1 saturated heterocycles. The molecular weight excluding hydrogens is 322 g/mol. The SMILES string of the molecule is C[C@H]1CC1C(=O)Nc1nccc2nc(N3CCC[C@H](C#N)C3)sc12. The highest BCUT2D eigenvalue weighted by atomic mass is 32.1. The first-order valence-corrected chi connectivity index (χ1v) is 9.18. The number of nitrogens with one attached hydrogen (secondary N) is 1. The van der Waals surface area contributed by atoms with E-state index in [0.29, 0.717) is 11.7 Å². The third-order valence-corrected chi connectivity index (χ3v) is 5.99. The topological polar surface area (TPSA) is 81.9 Å². The van der Waals surface area contributed by atoms with Gasteiger partial charge in [-0.25, -0.2) is 9.97 Å². The summed E-state index contributed by atoms with van der Waals surface area (Å²) in [6.07, 6.45) is 4.61. The minimum Gasteiger partial charge on any atom is -0.347 e. The summed E-state index contributed by atoms with van der Waals surface area (Å²) in [6, 6.07) is 4.24. The van der Waals surface area contributed by atoms with Crippen LogP contribution in [0.3, 0.4) is 0 Å². The van der Waals surface area contributed by atoms with E-state index >= 15 is 0 Å². The minimum atomic E-state index is 0.0555. The summed E-state index contributed by atoms with van der Waals surface area (Å²) in [4.78, 5) is 23.4. The van der Waals surface area contributed by atoms with Gasteiger partial charge in [0, 0.05) is 25.2 Å². The molecule has 3 atom stereocenters. The molecule has 1 amide bonds. The van der Waals surface area contributed by atoms with Crippen LogP contribution in [0.25, 0.3) is 10.2 Å². The van der Waals surface area contributed by atoms with E-state index < -0.39 is 0 Å². The molecule has 0 aromatic carbocycles. The Hall–Kier alpha value is -2.20. The van der Waals surface area contributed by atoms with Gasteiger partial charge in [-0.1, -0.05) is 18.3 Å². The highest BCUT2D eigenvalue weighted by molar-refractivity contribution is 7.22. The van der Waals surface area contributed by atoms with Crippen LogP contribution >= 0.6 is 11.3 Å². The number of rotatable bonds is 3. The second-order valence-electron chi connectivity index (χ2n) is 6.73. The Bertz CT molecular complexity index is 826. The van der Waals surface area contributed by atoms with Crippen molar-refractivity contribution in [2.24, 2.45) is 17.8 Å². The average molecular weight is 341 g/mol. The van der Waals surface area contributed by atoms with Gasteiger partial charge in [-0.3, -0.25) is 4.79 Å². The van der Waals surface area contributed by atoms with E-state index in [1.54, 1.807) is 17.5 Å². The number of aromatic nitrogens is 2. The van der Waals surface area contributed by atoms with Crippen molar-refractivity contribution in [3.05, 3.63) is 12.3 Å². The summed E-state index contributed by atoms with van der Waals surface area (Å²) >= 11 is 1.55. The van der Waals surface area contributed by atoms with Crippen LogP contribution in [0, 0.1) is 29.1 Å². The van der Waals surface area contributed by atoms with E-state index in [9.17, 15) is 4.79 Å². The van der Waals surface area contributed by atoms with E-state index in [-0.39, 0.29) is 17.7 Å². The van der Waals surface area contributed by atoms with Crippen LogP contribution in [0.4, 0.5) is 10.9 Å². The van der Waals surface area contributed by atoms with Gasteiger partial charge in [-0.2, -0.15) is 5.26 Å². The van der Waals surface area contributed by atoms with Crippen molar-refractivity contribution in [1.29, 1.82) is 5.26 Å². The van der Waals surface area contributed by atoms with Gasteiger partial charge in [0.05, 0.1) is 22.2 Å². The molecule has 4 rings (SSSR count). The van der Waals surface area contributed by atoms with E-state index in [2.05, 4.69) is 28.2 Å². The maximum absolute atomic E-state index is 12.2. The van der Waals surface area contributed by atoms with Crippen molar-refractivity contribution in [1.82, 2.24) is 9.97 Å². The number of carbonyl (C=O) groups is 1. The second kappa shape index (κ2) is 6.02. The molecule has 3 heterocycles. The van der Waals surface area contributed by atoms with Crippen LogP contribution in [0.15, 0.2) is 12.3 Å². The van der Waals surface area contributed by atoms with Gasteiger partial charge >= 0.3 is 0 Å². The summed E-state index contributed by atoms with van der Waals surface area (Å²) in [6.45, 7) is 3.74. The number of fused-ring (bicyclic) bond motifs is 1. The molecular formula is C17H19N5OS. The molecule has 2 fully saturated rings. The number of piperidine rings is 1. The molecule has 1 aliphatic carbocycles. The third-order valence-electron chi connectivity index (χ3n) is 4.86. The van der Waals surface area contributed by atoms with Crippen molar-refractivity contribution in [3.63, 3.8) is 0 Å². The molecule has 0 radical (unpaired) electrons. The quantitative estimate of drug-likeness (QED) is 0.928. The van der Waals surface area contributed by atoms with Gasteiger partial charge in [0.25, 0.3) is 0 Å². The highest BCUT2D eigenvalue weighted by Crippen LogP contribution is 2.39. The van der Waals surface area contributed by atoms with Gasteiger partial charge < -0.3 is 10.2 Å². The first kappa shape index (κ1) is 15.3. The van der Waals surface area contributed by atoms with Crippen molar-refractivity contribution < 1.29 is 4.79 Å². The summed E-state index contributed by atoms with van der Waals surface area (Å²) in [7, 11) is 0. The summed E-state index contributed by atoms with van der Waals surface area (Å²) < 4.78 is 0.910. The second-order valence-corrected chi connectivity index (χ2v) is 7.70. The van der Waals surface area contributed by atoms with Crippen LogP contribution < -0.4 is 10.2 Å². The van der Waals surface area contributed by atoms with Gasteiger partial charge in [0.15, 0.2) is 10.9 Å². The smallest absolute Gasteiger partial charge is 0.228 e. The molecule has 124 valence electrons. The molecule has 0 spiro atoms. The number of hydrogen-bond donors (Lipinski definition) is 1. The number of nitrogens with zero attached hydrogens (tertiary/aromatic N) is 4. The zero-order valence-electron chi connectivity index (χ0n) is 13.5. The lowest BCUT2D eigenvalue weighted by molar-refractivity contribution is -0.117. The Morgan fingerprint density at radius 1 is 1.54 bits per heavy atom. The van der Waals surface area contributed by atoms with E-state index in [4.69, 9.17) is 10.2 Å². The lowest BCUT2D eigenvalue weighted by Gasteiger charge is -2.28. The maximum atomic E-state index is 12.2. The molecule has 2 aromatic rings. The van der Waals surface area contributed by atoms with Gasteiger partial charge in [0.1, 0.15) is 0 Å². The molecule has 2 aliphatic rings. The largest absolute Gasteiger partial charge is 0.347 e. The van der Waals surface area contributed by atoms with Crippen LogP contribution in [0.5, 0.6) is 0 Å². The minimum absolute atomic E-state index is 0.0555. The molecule has 1 unspecified atom stereocenters. The number of thiazole rings is 1. The summed E-state index contributed by atoms with van der Waals surface area (Å²) in [5, 5.41) is 13.0. The summed E-state index contributed by atoms with van der Waals surface area (Å²) in [5.41, 5.74) is 0.850. The number of amides is 1. The Kier molecular flexibility index (Phi) is 3.85. The van der Waals surface area contributed by atoms with Crippen molar-refractivity contribution in [2.75, 3.05) is 23.3 Å².